The fourth-order valence-electron chi connectivity index (χ4n) is 1.95. The molecule has 0 bridgehead atoms. The number of halogens is 1. The molecule has 0 spiro atoms. The number of methoxy groups -OCH3 is 1. The van der Waals surface area contributed by atoms with Crippen LogP contribution in [0.4, 0.5) is 0 Å². The Kier molecular flexibility index (Phi) is 7.60. The van der Waals surface area contributed by atoms with Gasteiger partial charge in [0.1, 0.15) is 0 Å². The largest absolute Gasteiger partial charge is 0.382 e. The first-order chi connectivity index (χ1) is 9.10. The molecule has 1 heterocycles. The summed E-state index contributed by atoms with van der Waals surface area (Å²) < 4.78 is 13.5. The van der Waals surface area contributed by atoms with E-state index in [2.05, 4.69) is 26.3 Å². The Morgan fingerprint density at radius 2 is 2.11 bits per heavy atom. The van der Waals surface area contributed by atoms with Gasteiger partial charge in [-0.1, -0.05) is 0 Å². The maximum atomic E-state index is 5.51. The topological polar surface area (TPSA) is 48.3 Å². The highest BCUT2D eigenvalue weighted by Gasteiger charge is 2.15. The quantitative estimate of drug-likeness (QED) is 0.698. The minimum Gasteiger partial charge on any atom is -0.382 e. The van der Waals surface area contributed by atoms with Gasteiger partial charge >= 0.3 is 0 Å². The molecule has 0 fully saturated rings. The van der Waals surface area contributed by atoms with E-state index in [0.717, 1.165) is 29.6 Å². The zero-order valence-corrected chi connectivity index (χ0v) is 13.8. The summed E-state index contributed by atoms with van der Waals surface area (Å²) in [5.74, 6) is 0. The van der Waals surface area contributed by atoms with E-state index in [1.807, 2.05) is 25.7 Å². The van der Waals surface area contributed by atoms with E-state index < -0.39 is 0 Å². The zero-order valence-electron chi connectivity index (χ0n) is 12.2. The highest BCUT2D eigenvalue weighted by molar-refractivity contribution is 9.10. The molecule has 0 saturated heterocycles. The van der Waals surface area contributed by atoms with E-state index in [1.165, 1.54) is 5.69 Å². The molecule has 0 radical (unpaired) electrons. The van der Waals surface area contributed by atoms with Crippen LogP contribution in [0.25, 0.3) is 0 Å². The highest BCUT2D eigenvalue weighted by atomic mass is 79.9. The Hall–Kier alpha value is -0.430. The van der Waals surface area contributed by atoms with Crippen molar-refractivity contribution in [3.8, 4) is 0 Å². The first-order valence-electron chi connectivity index (χ1n) is 6.52. The average Bonchev–Trinajstić information content (AvgIpc) is 2.63. The lowest BCUT2D eigenvalue weighted by molar-refractivity contribution is 0.0660. The zero-order chi connectivity index (χ0) is 14.3. The van der Waals surface area contributed by atoms with Gasteiger partial charge in [-0.05, 0) is 36.3 Å². The van der Waals surface area contributed by atoms with Gasteiger partial charge in [-0.3, -0.25) is 4.68 Å². The number of ether oxygens (including phenoxy) is 2. The number of aromatic nitrogens is 2. The third-order valence-electron chi connectivity index (χ3n) is 3.15. The third-order valence-corrected chi connectivity index (χ3v) is 4.18. The van der Waals surface area contributed by atoms with Crippen LogP contribution < -0.4 is 5.32 Å². The van der Waals surface area contributed by atoms with Crippen LogP contribution >= 0.6 is 15.9 Å². The standard InChI is InChI=1S/C13H24BrN3O2/c1-10-13(14)12(17(3)16-10)9-11(15-2)5-6-19-8-7-18-4/h11,15H,5-9H2,1-4H3. The molecule has 1 unspecified atom stereocenters. The van der Waals surface area contributed by atoms with E-state index in [4.69, 9.17) is 9.47 Å². The van der Waals surface area contributed by atoms with E-state index in [9.17, 15) is 0 Å². The van der Waals surface area contributed by atoms with Crippen LogP contribution in [0.5, 0.6) is 0 Å². The van der Waals surface area contributed by atoms with Crippen LogP contribution in [0.15, 0.2) is 4.47 Å². The van der Waals surface area contributed by atoms with Gasteiger partial charge in [-0.2, -0.15) is 5.10 Å². The molecule has 0 aliphatic heterocycles. The molecule has 110 valence electrons. The number of likely N-dealkylation sites (N-methyl/N-ethyl adjacent to an activating group) is 1. The fraction of sp³-hybridized carbons (Fsp3) is 0.769. The molecular formula is C13H24BrN3O2. The van der Waals surface area contributed by atoms with Crippen LogP contribution in [0.3, 0.4) is 0 Å². The molecule has 6 heteroatoms. The van der Waals surface area contributed by atoms with Gasteiger partial charge in [0.05, 0.1) is 29.1 Å². The molecule has 1 aromatic rings. The highest BCUT2D eigenvalue weighted by Crippen LogP contribution is 2.21. The van der Waals surface area contributed by atoms with Crippen molar-refractivity contribution in [3.63, 3.8) is 0 Å². The average molecular weight is 334 g/mol. The van der Waals surface area contributed by atoms with E-state index >= 15 is 0 Å². The van der Waals surface area contributed by atoms with E-state index in [1.54, 1.807) is 7.11 Å². The van der Waals surface area contributed by atoms with Gasteiger partial charge in [0.25, 0.3) is 0 Å². The SMILES string of the molecule is CNC(CCOCCOC)Cc1c(Br)c(C)nn1C. The molecule has 1 atom stereocenters. The van der Waals surface area contributed by atoms with Gasteiger partial charge in [0.2, 0.25) is 0 Å². The Balaban J connectivity index is 2.43. The van der Waals surface area contributed by atoms with E-state index in [0.29, 0.717) is 19.3 Å². The maximum Gasteiger partial charge on any atom is 0.0738 e. The minimum absolute atomic E-state index is 0.383. The molecule has 19 heavy (non-hydrogen) atoms. The summed E-state index contributed by atoms with van der Waals surface area (Å²) in [7, 11) is 5.65. The smallest absolute Gasteiger partial charge is 0.0738 e. The molecule has 5 nitrogen and oxygen atoms in total. The summed E-state index contributed by atoms with van der Waals surface area (Å²) in [4.78, 5) is 0. The predicted molar refractivity (Wildman–Crippen MR) is 79.5 cm³/mol. The minimum atomic E-state index is 0.383. The van der Waals surface area contributed by atoms with Crippen molar-refractivity contribution in [2.24, 2.45) is 7.05 Å². The lowest BCUT2D eigenvalue weighted by Crippen LogP contribution is -2.30. The maximum absolute atomic E-state index is 5.51. The molecule has 1 N–H and O–H groups in total. The number of rotatable bonds is 9. The fourth-order valence-corrected chi connectivity index (χ4v) is 2.45. The second-order valence-corrected chi connectivity index (χ2v) is 5.35. The Morgan fingerprint density at radius 3 is 2.63 bits per heavy atom. The third kappa shape index (κ3) is 5.22. The van der Waals surface area contributed by atoms with Crippen LogP contribution in [0, 0.1) is 6.92 Å². The number of aryl methyl sites for hydroxylation is 2. The van der Waals surface area contributed by atoms with Crippen LogP contribution in [0.1, 0.15) is 17.8 Å². The molecule has 0 amide bonds. The van der Waals surface area contributed by atoms with Crippen molar-refractivity contribution in [2.75, 3.05) is 34.0 Å². The second kappa shape index (κ2) is 8.68. The molecule has 0 aliphatic carbocycles. The van der Waals surface area contributed by atoms with Crippen LogP contribution in [-0.4, -0.2) is 49.8 Å². The van der Waals surface area contributed by atoms with Gasteiger partial charge in [-0.25, -0.2) is 0 Å². The summed E-state index contributed by atoms with van der Waals surface area (Å²) in [5.41, 5.74) is 2.25. The van der Waals surface area contributed by atoms with Gasteiger partial charge in [0, 0.05) is 33.2 Å². The van der Waals surface area contributed by atoms with Crippen molar-refractivity contribution in [1.29, 1.82) is 0 Å². The number of hydrogen-bond donors (Lipinski definition) is 1. The summed E-state index contributed by atoms with van der Waals surface area (Å²) >= 11 is 3.60. The summed E-state index contributed by atoms with van der Waals surface area (Å²) in [6, 6.07) is 0.383. The predicted octanol–water partition coefficient (Wildman–Crippen LogP) is 1.67. The first-order valence-corrected chi connectivity index (χ1v) is 7.31. The number of nitrogens with one attached hydrogen (secondary N) is 1. The Labute approximate surface area is 123 Å². The molecule has 0 aliphatic rings. The normalized spacial score (nSPS) is 12.9. The molecule has 0 aromatic carbocycles. The van der Waals surface area contributed by atoms with Crippen molar-refractivity contribution < 1.29 is 9.47 Å². The summed E-state index contributed by atoms with van der Waals surface area (Å²) in [6.45, 7) is 4.05. The van der Waals surface area contributed by atoms with Crippen molar-refractivity contribution >= 4 is 15.9 Å². The van der Waals surface area contributed by atoms with E-state index in [-0.39, 0.29) is 0 Å². The molecule has 1 rings (SSSR count). The second-order valence-electron chi connectivity index (χ2n) is 4.55. The molecular weight excluding hydrogens is 310 g/mol. The van der Waals surface area contributed by atoms with Gasteiger partial charge in [-0.15, -0.1) is 0 Å². The lowest BCUT2D eigenvalue weighted by Gasteiger charge is -2.16. The molecule has 0 saturated carbocycles. The summed E-state index contributed by atoms with van der Waals surface area (Å²) in [5, 5.41) is 7.74. The van der Waals surface area contributed by atoms with Crippen molar-refractivity contribution in [3.05, 3.63) is 15.9 Å². The monoisotopic (exact) mass is 333 g/mol. The first kappa shape index (κ1) is 16.6. The van der Waals surface area contributed by atoms with Gasteiger partial charge < -0.3 is 14.8 Å². The van der Waals surface area contributed by atoms with Crippen molar-refractivity contribution in [2.45, 2.75) is 25.8 Å². The number of nitrogens with zero attached hydrogens (tertiary/aromatic N) is 2. The Morgan fingerprint density at radius 1 is 1.37 bits per heavy atom. The Bertz CT molecular complexity index is 382. The number of hydrogen-bond acceptors (Lipinski definition) is 4. The molecule has 1 aromatic heterocycles. The lowest BCUT2D eigenvalue weighted by atomic mass is 10.1. The van der Waals surface area contributed by atoms with Crippen molar-refractivity contribution in [1.82, 2.24) is 15.1 Å². The summed E-state index contributed by atoms with van der Waals surface area (Å²) in [6.07, 6.45) is 1.90. The van der Waals surface area contributed by atoms with Crippen LogP contribution in [-0.2, 0) is 22.9 Å². The van der Waals surface area contributed by atoms with Crippen LogP contribution in [0.2, 0.25) is 0 Å². The van der Waals surface area contributed by atoms with Gasteiger partial charge in [0.15, 0.2) is 0 Å².